The molecular weight excluding hydrogens is 326 g/mol. The number of methoxy groups -OCH3 is 1. The summed E-state index contributed by atoms with van der Waals surface area (Å²) in [5.41, 5.74) is 2.87. The van der Waals surface area contributed by atoms with Gasteiger partial charge in [-0.25, -0.2) is 8.78 Å². The molecule has 0 saturated carbocycles. The highest BCUT2D eigenvalue weighted by molar-refractivity contribution is 9.09. The van der Waals surface area contributed by atoms with E-state index in [1.54, 1.807) is 13.2 Å². The van der Waals surface area contributed by atoms with E-state index in [1.165, 1.54) is 6.07 Å². The second-order valence-electron chi connectivity index (χ2n) is 4.65. The van der Waals surface area contributed by atoms with Crippen LogP contribution in [0.5, 0.6) is 5.75 Å². The van der Waals surface area contributed by atoms with E-state index in [2.05, 4.69) is 15.9 Å². The molecule has 1 atom stereocenters. The second kappa shape index (κ2) is 6.35. The van der Waals surface area contributed by atoms with Gasteiger partial charge in [0.25, 0.3) is 0 Å². The molecule has 2 aromatic rings. The first-order valence-corrected chi connectivity index (χ1v) is 7.15. The molecular formula is C16H15BrF2O. The average Bonchev–Trinajstić information content (AvgIpc) is 2.42. The van der Waals surface area contributed by atoms with Crippen molar-refractivity contribution in [2.24, 2.45) is 0 Å². The number of hydrogen-bond acceptors (Lipinski definition) is 1. The quantitative estimate of drug-likeness (QED) is 0.714. The van der Waals surface area contributed by atoms with Crippen molar-refractivity contribution in [1.82, 2.24) is 0 Å². The van der Waals surface area contributed by atoms with Crippen molar-refractivity contribution in [2.75, 3.05) is 7.11 Å². The minimum Gasteiger partial charge on any atom is -0.496 e. The molecule has 0 radical (unpaired) electrons. The van der Waals surface area contributed by atoms with Crippen LogP contribution in [0.2, 0.25) is 0 Å². The number of aryl methyl sites for hydroxylation is 1. The minimum absolute atomic E-state index is 0.0389. The Balaban J connectivity index is 2.17. The monoisotopic (exact) mass is 340 g/mol. The fourth-order valence-corrected chi connectivity index (χ4v) is 2.75. The van der Waals surface area contributed by atoms with Gasteiger partial charge in [-0.3, -0.25) is 0 Å². The van der Waals surface area contributed by atoms with Gasteiger partial charge in [0.05, 0.1) is 7.11 Å². The Hall–Kier alpha value is -1.42. The third-order valence-electron chi connectivity index (χ3n) is 3.18. The zero-order valence-corrected chi connectivity index (χ0v) is 12.9. The van der Waals surface area contributed by atoms with Crippen molar-refractivity contribution < 1.29 is 13.5 Å². The molecule has 0 N–H and O–H groups in total. The Morgan fingerprint density at radius 2 is 1.85 bits per heavy atom. The van der Waals surface area contributed by atoms with Gasteiger partial charge in [-0.05, 0) is 48.2 Å². The maximum Gasteiger partial charge on any atom is 0.159 e. The maximum absolute atomic E-state index is 13.2. The van der Waals surface area contributed by atoms with Crippen LogP contribution in [0.1, 0.15) is 21.5 Å². The van der Waals surface area contributed by atoms with Crippen molar-refractivity contribution in [3.8, 4) is 5.75 Å². The minimum atomic E-state index is -0.819. The predicted molar refractivity (Wildman–Crippen MR) is 79.5 cm³/mol. The fourth-order valence-electron chi connectivity index (χ4n) is 2.09. The predicted octanol–water partition coefficient (Wildman–Crippen LogP) is 4.96. The molecule has 0 aliphatic carbocycles. The maximum atomic E-state index is 13.2. The van der Waals surface area contributed by atoms with Crippen LogP contribution < -0.4 is 4.74 Å². The lowest BCUT2D eigenvalue weighted by Gasteiger charge is -2.13. The molecule has 0 aliphatic rings. The molecule has 0 fully saturated rings. The molecule has 0 heterocycles. The van der Waals surface area contributed by atoms with E-state index >= 15 is 0 Å². The van der Waals surface area contributed by atoms with Crippen LogP contribution in [0.25, 0.3) is 0 Å². The van der Waals surface area contributed by atoms with Crippen molar-refractivity contribution in [1.29, 1.82) is 0 Å². The summed E-state index contributed by atoms with van der Waals surface area (Å²) in [6.07, 6.45) is 0.586. The van der Waals surface area contributed by atoms with Crippen LogP contribution in [0, 0.1) is 18.6 Å². The van der Waals surface area contributed by atoms with E-state index in [9.17, 15) is 8.78 Å². The van der Waals surface area contributed by atoms with Gasteiger partial charge in [0.2, 0.25) is 0 Å². The summed E-state index contributed by atoms with van der Waals surface area (Å²) < 4.78 is 31.3. The number of benzene rings is 2. The lowest BCUT2D eigenvalue weighted by molar-refractivity contribution is 0.411. The average molecular weight is 341 g/mol. The Kier molecular flexibility index (Phi) is 4.76. The van der Waals surface area contributed by atoms with Crippen LogP contribution in [-0.4, -0.2) is 7.11 Å². The standard InChI is InChI=1S/C16H15BrF2O/c1-10-7-12(4-6-16(10)20-2)13(17)8-11-3-5-14(18)15(19)9-11/h3-7,9,13H,8H2,1-2H3. The molecule has 2 aromatic carbocycles. The first kappa shape index (κ1) is 15.0. The van der Waals surface area contributed by atoms with Crippen molar-refractivity contribution in [3.05, 3.63) is 64.7 Å². The van der Waals surface area contributed by atoms with Gasteiger partial charge in [0.1, 0.15) is 5.75 Å². The lowest BCUT2D eigenvalue weighted by atomic mass is 10.0. The van der Waals surface area contributed by atoms with E-state index in [0.29, 0.717) is 6.42 Å². The summed E-state index contributed by atoms with van der Waals surface area (Å²) in [4.78, 5) is 0.0389. The van der Waals surface area contributed by atoms with E-state index in [4.69, 9.17) is 4.74 Å². The van der Waals surface area contributed by atoms with Gasteiger partial charge >= 0.3 is 0 Å². The molecule has 0 bridgehead atoms. The second-order valence-corrected chi connectivity index (χ2v) is 5.75. The van der Waals surface area contributed by atoms with Gasteiger partial charge in [-0.2, -0.15) is 0 Å². The van der Waals surface area contributed by atoms with E-state index in [-0.39, 0.29) is 4.83 Å². The van der Waals surface area contributed by atoms with Crippen LogP contribution in [0.4, 0.5) is 8.78 Å². The van der Waals surface area contributed by atoms with Gasteiger partial charge in [-0.1, -0.05) is 34.1 Å². The number of hydrogen-bond donors (Lipinski definition) is 0. The van der Waals surface area contributed by atoms with Crippen LogP contribution in [0.3, 0.4) is 0 Å². The smallest absolute Gasteiger partial charge is 0.159 e. The Morgan fingerprint density at radius 1 is 1.10 bits per heavy atom. The highest BCUT2D eigenvalue weighted by atomic mass is 79.9. The van der Waals surface area contributed by atoms with E-state index in [0.717, 1.165) is 28.5 Å². The molecule has 106 valence electrons. The number of halogens is 3. The van der Waals surface area contributed by atoms with Gasteiger partial charge in [0.15, 0.2) is 11.6 Å². The van der Waals surface area contributed by atoms with Crippen LogP contribution in [0.15, 0.2) is 36.4 Å². The van der Waals surface area contributed by atoms with Crippen molar-refractivity contribution >= 4 is 15.9 Å². The highest BCUT2D eigenvalue weighted by Gasteiger charge is 2.12. The summed E-state index contributed by atoms with van der Waals surface area (Å²) in [7, 11) is 1.63. The molecule has 0 spiro atoms. The van der Waals surface area contributed by atoms with Crippen LogP contribution >= 0.6 is 15.9 Å². The SMILES string of the molecule is COc1ccc(C(Br)Cc2ccc(F)c(F)c2)cc1C. The van der Waals surface area contributed by atoms with E-state index in [1.807, 2.05) is 25.1 Å². The molecule has 0 aromatic heterocycles. The zero-order chi connectivity index (χ0) is 14.7. The Morgan fingerprint density at radius 3 is 2.45 bits per heavy atom. The molecule has 4 heteroatoms. The fraction of sp³-hybridized carbons (Fsp3) is 0.250. The summed E-state index contributed by atoms with van der Waals surface area (Å²) >= 11 is 3.59. The number of rotatable bonds is 4. The summed E-state index contributed by atoms with van der Waals surface area (Å²) in [6, 6.07) is 9.89. The van der Waals surface area contributed by atoms with Crippen molar-refractivity contribution in [2.45, 2.75) is 18.2 Å². The number of alkyl halides is 1. The molecule has 0 saturated heterocycles. The van der Waals surface area contributed by atoms with E-state index < -0.39 is 11.6 Å². The highest BCUT2D eigenvalue weighted by Crippen LogP contribution is 2.30. The molecule has 1 unspecified atom stereocenters. The first-order valence-electron chi connectivity index (χ1n) is 6.24. The molecule has 2 rings (SSSR count). The Labute approximate surface area is 125 Å². The topological polar surface area (TPSA) is 9.23 Å². The third-order valence-corrected chi connectivity index (χ3v) is 4.03. The van der Waals surface area contributed by atoms with Gasteiger partial charge in [-0.15, -0.1) is 0 Å². The summed E-state index contributed by atoms with van der Waals surface area (Å²) in [5.74, 6) is -0.797. The number of ether oxygens (including phenoxy) is 1. The lowest BCUT2D eigenvalue weighted by Crippen LogP contribution is -1.98. The molecule has 1 nitrogen and oxygen atoms in total. The molecule has 0 amide bonds. The first-order chi connectivity index (χ1) is 9.51. The molecule has 0 aliphatic heterocycles. The van der Waals surface area contributed by atoms with Gasteiger partial charge < -0.3 is 4.74 Å². The largest absolute Gasteiger partial charge is 0.496 e. The summed E-state index contributed by atoms with van der Waals surface area (Å²) in [6.45, 7) is 1.97. The third kappa shape index (κ3) is 3.37. The molecule has 20 heavy (non-hydrogen) atoms. The van der Waals surface area contributed by atoms with Crippen LogP contribution in [-0.2, 0) is 6.42 Å². The Bertz CT molecular complexity index is 613. The van der Waals surface area contributed by atoms with Gasteiger partial charge in [0, 0.05) is 4.83 Å². The summed E-state index contributed by atoms with van der Waals surface area (Å²) in [5, 5.41) is 0. The zero-order valence-electron chi connectivity index (χ0n) is 11.3. The normalized spacial score (nSPS) is 12.2. The van der Waals surface area contributed by atoms with Crippen molar-refractivity contribution in [3.63, 3.8) is 0 Å².